The van der Waals surface area contributed by atoms with Gasteiger partial charge in [0.2, 0.25) is 0 Å². The lowest BCUT2D eigenvalue weighted by Crippen LogP contribution is -2.29. The molecule has 116 valence electrons. The molecule has 1 aromatic rings. The maximum atomic E-state index is 11.7. The number of nitrogens with zero attached hydrogens (tertiary/aromatic N) is 1. The number of rotatable bonds is 10. The van der Waals surface area contributed by atoms with Crippen molar-refractivity contribution in [3.63, 3.8) is 0 Å². The molecule has 6 nitrogen and oxygen atoms in total. The van der Waals surface area contributed by atoms with Gasteiger partial charge in [-0.15, -0.1) is 0 Å². The molecule has 0 saturated carbocycles. The molecule has 0 unspecified atom stereocenters. The van der Waals surface area contributed by atoms with E-state index in [-0.39, 0.29) is 5.91 Å². The van der Waals surface area contributed by atoms with E-state index in [9.17, 15) is 9.59 Å². The Morgan fingerprint density at radius 2 is 1.90 bits per heavy atom. The molecule has 0 spiro atoms. The Hall–Kier alpha value is -1.95. The molecule has 1 amide bonds. The number of hydrogen-bond acceptors (Lipinski definition) is 4. The third-order valence-electron chi connectivity index (χ3n) is 3.19. The minimum Gasteiger partial charge on any atom is -0.480 e. The zero-order valence-electron chi connectivity index (χ0n) is 12.1. The number of carbonyl (C=O) groups excluding carboxylic acids is 1. The number of amides is 1. The van der Waals surface area contributed by atoms with Gasteiger partial charge in [-0.05, 0) is 25.0 Å². The maximum Gasteiger partial charge on any atom is 0.320 e. The second-order valence-corrected chi connectivity index (χ2v) is 4.97. The van der Waals surface area contributed by atoms with E-state index < -0.39 is 12.0 Å². The largest absolute Gasteiger partial charge is 0.480 e. The van der Waals surface area contributed by atoms with Gasteiger partial charge in [-0.3, -0.25) is 14.6 Å². The topological polar surface area (TPSA) is 105 Å². The van der Waals surface area contributed by atoms with Crippen LogP contribution in [-0.4, -0.2) is 34.6 Å². The third-order valence-corrected chi connectivity index (χ3v) is 3.19. The highest BCUT2D eigenvalue weighted by molar-refractivity contribution is 5.92. The van der Waals surface area contributed by atoms with Gasteiger partial charge in [-0.25, -0.2) is 0 Å². The molecule has 6 heteroatoms. The van der Waals surface area contributed by atoms with Crippen LogP contribution in [0.5, 0.6) is 0 Å². The average molecular weight is 293 g/mol. The van der Waals surface area contributed by atoms with Crippen LogP contribution in [0, 0.1) is 0 Å². The molecule has 4 N–H and O–H groups in total. The maximum absolute atomic E-state index is 11.7. The van der Waals surface area contributed by atoms with E-state index in [0.717, 1.165) is 32.1 Å². The van der Waals surface area contributed by atoms with Gasteiger partial charge >= 0.3 is 5.97 Å². The van der Waals surface area contributed by atoms with Crippen molar-refractivity contribution in [2.75, 3.05) is 6.54 Å². The Balaban J connectivity index is 1.98. The number of pyridine rings is 1. The van der Waals surface area contributed by atoms with E-state index >= 15 is 0 Å². The molecule has 0 aliphatic heterocycles. The summed E-state index contributed by atoms with van der Waals surface area (Å²) in [6.07, 6.45) is 6.84. The summed E-state index contributed by atoms with van der Waals surface area (Å²) in [7, 11) is 0. The molecule has 1 rings (SSSR count). The summed E-state index contributed by atoms with van der Waals surface area (Å²) in [5.74, 6) is -1.09. The molecule has 21 heavy (non-hydrogen) atoms. The van der Waals surface area contributed by atoms with Crippen LogP contribution >= 0.6 is 0 Å². The lowest BCUT2D eigenvalue weighted by Gasteiger charge is -2.06. The monoisotopic (exact) mass is 293 g/mol. The first-order chi connectivity index (χ1) is 10.1. The fraction of sp³-hybridized carbons (Fsp3) is 0.533. The Bertz CT molecular complexity index is 437. The van der Waals surface area contributed by atoms with Crippen molar-refractivity contribution in [3.05, 3.63) is 30.1 Å². The van der Waals surface area contributed by atoms with Crippen LogP contribution in [0.15, 0.2) is 24.4 Å². The number of unbranched alkanes of at least 4 members (excludes halogenated alkanes) is 4. The molecule has 0 bridgehead atoms. The molecule has 0 aliphatic rings. The van der Waals surface area contributed by atoms with E-state index in [2.05, 4.69) is 10.3 Å². The number of aromatic nitrogens is 1. The first-order valence-electron chi connectivity index (χ1n) is 7.29. The van der Waals surface area contributed by atoms with Crippen molar-refractivity contribution >= 4 is 11.9 Å². The van der Waals surface area contributed by atoms with Crippen LogP contribution in [0.1, 0.15) is 49.0 Å². The summed E-state index contributed by atoms with van der Waals surface area (Å²) in [6, 6.07) is 4.49. The van der Waals surface area contributed by atoms with Gasteiger partial charge in [0.25, 0.3) is 5.91 Å². The summed E-state index contributed by atoms with van der Waals surface area (Å²) >= 11 is 0. The van der Waals surface area contributed by atoms with Crippen LogP contribution in [0.3, 0.4) is 0 Å². The highest BCUT2D eigenvalue weighted by Gasteiger charge is 2.09. The van der Waals surface area contributed by atoms with E-state index in [0.29, 0.717) is 18.7 Å². The predicted octanol–water partition coefficient (Wildman–Crippen LogP) is 1.56. The second kappa shape index (κ2) is 9.88. The highest BCUT2D eigenvalue weighted by atomic mass is 16.4. The number of nitrogens with one attached hydrogen (secondary N) is 1. The molecule has 0 fully saturated rings. The lowest BCUT2D eigenvalue weighted by molar-refractivity contribution is -0.138. The lowest BCUT2D eigenvalue weighted by atomic mass is 10.1. The predicted molar refractivity (Wildman–Crippen MR) is 79.9 cm³/mol. The van der Waals surface area contributed by atoms with Gasteiger partial charge in [0.1, 0.15) is 11.7 Å². The number of aliphatic carboxylic acids is 1. The fourth-order valence-corrected chi connectivity index (χ4v) is 1.93. The van der Waals surface area contributed by atoms with Crippen LogP contribution in [0.25, 0.3) is 0 Å². The van der Waals surface area contributed by atoms with E-state index in [1.54, 1.807) is 24.4 Å². The molecule has 0 saturated heterocycles. The van der Waals surface area contributed by atoms with Crippen molar-refractivity contribution in [2.24, 2.45) is 5.73 Å². The Morgan fingerprint density at radius 3 is 2.57 bits per heavy atom. The summed E-state index contributed by atoms with van der Waals surface area (Å²) in [4.78, 5) is 26.2. The first kappa shape index (κ1) is 17.1. The van der Waals surface area contributed by atoms with E-state index in [1.807, 2.05) is 0 Å². The number of carboxylic acids is 1. The molecule has 1 aromatic heterocycles. The average Bonchev–Trinajstić information content (AvgIpc) is 2.50. The van der Waals surface area contributed by atoms with Crippen LogP contribution in [0.4, 0.5) is 0 Å². The second-order valence-electron chi connectivity index (χ2n) is 4.97. The van der Waals surface area contributed by atoms with Gasteiger partial charge in [0.05, 0.1) is 0 Å². The summed E-state index contributed by atoms with van der Waals surface area (Å²) in [5, 5.41) is 11.5. The van der Waals surface area contributed by atoms with Crippen LogP contribution in [-0.2, 0) is 4.79 Å². The standard InChI is InChI=1S/C15H23N3O3/c16-12(15(20)21)8-4-2-1-3-6-11-18-14(19)13-9-5-7-10-17-13/h5,7,9-10,12H,1-4,6,8,11,16H2,(H,18,19)(H,20,21)/t12-/m1/s1. The van der Waals surface area contributed by atoms with Gasteiger partial charge in [0.15, 0.2) is 0 Å². The number of hydrogen-bond donors (Lipinski definition) is 3. The number of carbonyl (C=O) groups is 2. The molecular weight excluding hydrogens is 270 g/mol. The third kappa shape index (κ3) is 7.41. The summed E-state index contributed by atoms with van der Waals surface area (Å²) < 4.78 is 0. The SMILES string of the molecule is N[C@H](CCCCCCCNC(=O)c1ccccn1)C(=O)O. The fourth-order valence-electron chi connectivity index (χ4n) is 1.93. The zero-order valence-corrected chi connectivity index (χ0v) is 12.1. The van der Waals surface area contributed by atoms with Crippen LogP contribution < -0.4 is 11.1 Å². The van der Waals surface area contributed by atoms with Crippen molar-refractivity contribution in [1.82, 2.24) is 10.3 Å². The van der Waals surface area contributed by atoms with E-state index in [4.69, 9.17) is 10.8 Å². The Labute approximate surface area is 124 Å². The van der Waals surface area contributed by atoms with Crippen molar-refractivity contribution < 1.29 is 14.7 Å². The van der Waals surface area contributed by atoms with Crippen LogP contribution in [0.2, 0.25) is 0 Å². The minimum atomic E-state index is -0.938. The van der Waals surface area contributed by atoms with Crippen molar-refractivity contribution in [3.8, 4) is 0 Å². The molecule has 0 aliphatic carbocycles. The van der Waals surface area contributed by atoms with Gasteiger partial charge in [-0.1, -0.05) is 31.7 Å². The Morgan fingerprint density at radius 1 is 1.19 bits per heavy atom. The molecule has 1 atom stereocenters. The molecular formula is C15H23N3O3. The number of nitrogens with two attached hydrogens (primary N) is 1. The molecule has 1 heterocycles. The van der Waals surface area contributed by atoms with Gasteiger partial charge in [-0.2, -0.15) is 0 Å². The summed E-state index contributed by atoms with van der Waals surface area (Å²) in [6.45, 7) is 0.629. The summed E-state index contributed by atoms with van der Waals surface area (Å²) in [5.41, 5.74) is 5.85. The normalized spacial score (nSPS) is 11.9. The minimum absolute atomic E-state index is 0.150. The Kier molecular flexibility index (Phi) is 8.04. The van der Waals surface area contributed by atoms with Crippen molar-refractivity contribution in [1.29, 1.82) is 0 Å². The highest BCUT2D eigenvalue weighted by Crippen LogP contribution is 2.06. The number of carboxylic acid groups (broad SMARTS) is 1. The molecule has 0 radical (unpaired) electrons. The van der Waals surface area contributed by atoms with Gasteiger partial charge in [0, 0.05) is 12.7 Å². The quantitative estimate of drug-likeness (QED) is 0.568. The zero-order chi connectivity index (χ0) is 15.5. The van der Waals surface area contributed by atoms with E-state index in [1.165, 1.54) is 0 Å². The van der Waals surface area contributed by atoms with Gasteiger partial charge < -0.3 is 16.2 Å². The molecule has 0 aromatic carbocycles. The smallest absolute Gasteiger partial charge is 0.320 e. The van der Waals surface area contributed by atoms with Crippen molar-refractivity contribution in [2.45, 2.75) is 44.6 Å². The first-order valence-corrected chi connectivity index (χ1v) is 7.29.